The van der Waals surface area contributed by atoms with Crippen LogP contribution >= 0.6 is 11.8 Å². The number of alkyl carbamates (subject to hydrolysis) is 1. The third-order valence-electron chi connectivity index (χ3n) is 4.29. The smallest absolute Gasteiger partial charge is 0.411 e. The number of nitrogens with zero attached hydrogens (tertiary/aromatic N) is 2. The van der Waals surface area contributed by atoms with Crippen LogP contribution in [-0.4, -0.2) is 77.0 Å². The molecule has 192 valence electrons. The van der Waals surface area contributed by atoms with Crippen LogP contribution in [0, 0.1) is 11.3 Å². The zero-order valence-electron chi connectivity index (χ0n) is 20.8. The van der Waals surface area contributed by atoms with Crippen molar-refractivity contribution in [2.75, 3.05) is 24.8 Å². The molecule has 1 unspecified atom stereocenters. The fourth-order valence-corrected chi connectivity index (χ4v) is 4.01. The molecule has 2 N–H and O–H groups in total. The van der Waals surface area contributed by atoms with E-state index >= 15 is 0 Å². The lowest BCUT2D eigenvalue weighted by molar-refractivity contribution is -0.145. The van der Waals surface area contributed by atoms with E-state index in [0.717, 1.165) is 0 Å². The molecule has 0 spiro atoms. The molecule has 0 radical (unpaired) electrons. The zero-order valence-corrected chi connectivity index (χ0v) is 21.6. The van der Waals surface area contributed by atoms with E-state index < -0.39 is 48.0 Å². The third-order valence-corrected chi connectivity index (χ3v) is 5.30. The molecular weight excluding hydrogens is 464 g/mol. The lowest BCUT2D eigenvalue weighted by atomic mass is 10.1. The highest BCUT2D eigenvalue weighted by atomic mass is 32.2. The van der Waals surface area contributed by atoms with E-state index in [1.54, 1.807) is 47.6 Å². The second-order valence-corrected chi connectivity index (χ2v) is 10.7. The monoisotopic (exact) mass is 500 g/mol. The van der Waals surface area contributed by atoms with Gasteiger partial charge in [-0.05, 0) is 60.8 Å². The van der Waals surface area contributed by atoms with Gasteiger partial charge in [0.1, 0.15) is 29.4 Å². The molecule has 1 aliphatic heterocycles. The average molecular weight is 501 g/mol. The number of thioether (sulfide) groups is 1. The molecule has 0 aromatic heterocycles. The molecule has 1 fully saturated rings. The zero-order chi connectivity index (χ0) is 25.9. The van der Waals surface area contributed by atoms with Gasteiger partial charge >= 0.3 is 18.2 Å². The molecule has 0 bridgehead atoms. The van der Waals surface area contributed by atoms with Gasteiger partial charge in [0, 0.05) is 12.3 Å². The van der Waals surface area contributed by atoms with Gasteiger partial charge in [0.2, 0.25) is 5.91 Å². The standard InChI is InChI=1S/C22H36N4O7S/c1-21(2,3)32-19(29)25-15(18(28)31-12-10-23)9-7-8-11-24-17(27)16-13-34-14-26(16)20(30)33-22(4,5)6/h15-16H,7-9,11-14H2,1-6H3,(H,24,27)(H,25,29)/t15-,16?/m0/s1. The van der Waals surface area contributed by atoms with Gasteiger partial charge in [-0.2, -0.15) is 5.26 Å². The Morgan fingerprint density at radius 1 is 1.09 bits per heavy atom. The minimum atomic E-state index is -0.979. The van der Waals surface area contributed by atoms with E-state index in [1.807, 2.05) is 0 Å². The van der Waals surface area contributed by atoms with Crippen LogP contribution in [-0.2, 0) is 23.8 Å². The maximum atomic E-state index is 12.6. The topological polar surface area (TPSA) is 147 Å². The summed E-state index contributed by atoms with van der Waals surface area (Å²) in [6, 6.07) is 0.124. The number of nitriles is 1. The van der Waals surface area contributed by atoms with Crippen LogP contribution in [0.4, 0.5) is 9.59 Å². The molecule has 1 heterocycles. The lowest BCUT2D eigenvalue weighted by Crippen LogP contribution is -2.48. The summed E-state index contributed by atoms with van der Waals surface area (Å²) in [6.45, 7) is 10.3. The lowest BCUT2D eigenvalue weighted by Gasteiger charge is -2.27. The molecule has 0 aromatic rings. The van der Waals surface area contributed by atoms with Crippen LogP contribution < -0.4 is 10.6 Å². The number of amides is 3. The van der Waals surface area contributed by atoms with Crippen molar-refractivity contribution in [2.24, 2.45) is 0 Å². The van der Waals surface area contributed by atoms with Crippen LogP contribution in [0.1, 0.15) is 60.8 Å². The van der Waals surface area contributed by atoms with Gasteiger partial charge in [-0.15, -0.1) is 11.8 Å². The Labute approximate surface area is 205 Å². The minimum Gasteiger partial charge on any atom is -0.449 e. The molecule has 0 saturated carbocycles. The number of nitrogens with one attached hydrogen (secondary N) is 2. The summed E-state index contributed by atoms with van der Waals surface area (Å²) < 4.78 is 15.4. The van der Waals surface area contributed by atoms with Crippen molar-refractivity contribution >= 4 is 35.8 Å². The van der Waals surface area contributed by atoms with Crippen LogP contribution in [0.2, 0.25) is 0 Å². The van der Waals surface area contributed by atoms with E-state index in [1.165, 1.54) is 16.7 Å². The molecule has 3 amide bonds. The van der Waals surface area contributed by atoms with Crippen molar-refractivity contribution in [1.29, 1.82) is 5.26 Å². The maximum Gasteiger partial charge on any atom is 0.411 e. The number of unbranched alkanes of at least 4 members (excludes halogenated alkanes) is 1. The highest BCUT2D eigenvalue weighted by Crippen LogP contribution is 2.23. The molecule has 34 heavy (non-hydrogen) atoms. The van der Waals surface area contributed by atoms with Crippen molar-refractivity contribution in [1.82, 2.24) is 15.5 Å². The summed E-state index contributed by atoms with van der Waals surface area (Å²) in [5.74, 6) is -0.131. The Balaban J connectivity index is 2.51. The van der Waals surface area contributed by atoms with Crippen LogP contribution in [0.25, 0.3) is 0 Å². The first-order chi connectivity index (χ1) is 15.7. The van der Waals surface area contributed by atoms with Gasteiger partial charge in [-0.25, -0.2) is 14.4 Å². The number of hydrogen-bond acceptors (Lipinski definition) is 9. The number of esters is 1. The van der Waals surface area contributed by atoms with E-state index in [2.05, 4.69) is 10.6 Å². The Morgan fingerprint density at radius 3 is 2.32 bits per heavy atom. The number of rotatable bonds is 9. The summed E-state index contributed by atoms with van der Waals surface area (Å²) in [5.41, 5.74) is -1.38. The van der Waals surface area contributed by atoms with Gasteiger partial charge in [0.05, 0.1) is 5.88 Å². The summed E-state index contributed by atoms with van der Waals surface area (Å²) >= 11 is 1.48. The van der Waals surface area contributed by atoms with Gasteiger partial charge < -0.3 is 24.8 Å². The largest absolute Gasteiger partial charge is 0.449 e. The fourth-order valence-electron chi connectivity index (χ4n) is 2.87. The summed E-state index contributed by atoms with van der Waals surface area (Å²) in [4.78, 5) is 50.6. The van der Waals surface area contributed by atoms with Crippen LogP contribution in [0.15, 0.2) is 0 Å². The maximum absolute atomic E-state index is 12.6. The molecule has 0 aromatic carbocycles. The first-order valence-corrected chi connectivity index (χ1v) is 12.3. The van der Waals surface area contributed by atoms with Crippen molar-refractivity contribution in [3.05, 3.63) is 0 Å². The van der Waals surface area contributed by atoms with Crippen LogP contribution in [0.5, 0.6) is 0 Å². The Hall–Kier alpha value is -2.68. The molecule has 1 saturated heterocycles. The highest BCUT2D eigenvalue weighted by Gasteiger charge is 2.37. The fraction of sp³-hybridized carbons (Fsp3) is 0.773. The number of carbonyl (C=O) groups excluding carboxylic acids is 4. The van der Waals surface area contributed by atoms with Gasteiger partial charge in [0.15, 0.2) is 6.61 Å². The molecular formula is C22H36N4O7S. The highest BCUT2D eigenvalue weighted by molar-refractivity contribution is 7.99. The first-order valence-electron chi connectivity index (χ1n) is 11.1. The quantitative estimate of drug-likeness (QED) is 0.277. The van der Waals surface area contributed by atoms with E-state index in [-0.39, 0.29) is 12.3 Å². The summed E-state index contributed by atoms with van der Waals surface area (Å²) in [5, 5.41) is 13.9. The second kappa shape index (κ2) is 13.3. The number of hydrogen-bond donors (Lipinski definition) is 2. The Morgan fingerprint density at radius 2 is 1.74 bits per heavy atom. The molecule has 1 aliphatic rings. The predicted molar refractivity (Wildman–Crippen MR) is 126 cm³/mol. The molecule has 11 nitrogen and oxygen atoms in total. The van der Waals surface area contributed by atoms with Gasteiger partial charge in [-0.1, -0.05) is 0 Å². The van der Waals surface area contributed by atoms with Crippen molar-refractivity contribution < 1.29 is 33.4 Å². The third kappa shape index (κ3) is 11.4. The minimum absolute atomic E-state index is 0.239. The Bertz CT molecular complexity index is 771. The van der Waals surface area contributed by atoms with E-state index in [0.29, 0.717) is 31.0 Å². The SMILES string of the molecule is CC(C)(C)OC(=O)N[C@@H](CCCCNC(=O)C1CSCN1C(=O)OC(C)(C)C)C(=O)OCC#N. The Kier molecular flexibility index (Phi) is 11.5. The summed E-state index contributed by atoms with van der Waals surface area (Å²) in [6.07, 6.45) is -0.0404. The van der Waals surface area contributed by atoms with Gasteiger partial charge in [-0.3, -0.25) is 9.69 Å². The number of carbonyl (C=O) groups is 4. The number of ether oxygens (including phenoxy) is 3. The molecule has 0 aliphatic carbocycles. The van der Waals surface area contributed by atoms with Crippen LogP contribution in [0.3, 0.4) is 0 Å². The predicted octanol–water partition coefficient (Wildman–Crippen LogP) is 2.54. The summed E-state index contributed by atoms with van der Waals surface area (Å²) in [7, 11) is 0. The molecule has 1 rings (SSSR count). The van der Waals surface area contributed by atoms with Crippen molar-refractivity contribution in [3.8, 4) is 6.07 Å². The average Bonchev–Trinajstić information content (AvgIpc) is 3.18. The second-order valence-electron chi connectivity index (χ2n) is 9.72. The molecule has 2 atom stereocenters. The van der Waals surface area contributed by atoms with Crippen molar-refractivity contribution in [3.63, 3.8) is 0 Å². The van der Waals surface area contributed by atoms with E-state index in [9.17, 15) is 19.2 Å². The van der Waals surface area contributed by atoms with Crippen molar-refractivity contribution in [2.45, 2.75) is 84.1 Å². The molecule has 12 heteroatoms. The first kappa shape index (κ1) is 29.4. The van der Waals surface area contributed by atoms with Gasteiger partial charge in [0.25, 0.3) is 0 Å². The normalized spacial score (nSPS) is 16.7. The van der Waals surface area contributed by atoms with E-state index in [4.69, 9.17) is 19.5 Å².